The van der Waals surface area contributed by atoms with Crippen molar-refractivity contribution in [2.24, 2.45) is 5.92 Å². The third kappa shape index (κ3) is 2.71. The van der Waals surface area contributed by atoms with Gasteiger partial charge in [-0.15, -0.1) is 0 Å². The molecule has 114 valence electrons. The van der Waals surface area contributed by atoms with E-state index in [4.69, 9.17) is 14.2 Å². The summed E-state index contributed by atoms with van der Waals surface area (Å²) in [5, 5.41) is 3.13. The van der Waals surface area contributed by atoms with Gasteiger partial charge in [0.15, 0.2) is 5.79 Å². The molecule has 0 aromatic heterocycles. The quantitative estimate of drug-likeness (QED) is 0.836. The van der Waals surface area contributed by atoms with E-state index in [1.165, 1.54) is 0 Å². The molecule has 3 fully saturated rings. The van der Waals surface area contributed by atoms with E-state index in [1.807, 2.05) is 0 Å². The summed E-state index contributed by atoms with van der Waals surface area (Å²) in [6.45, 7) is 5.92. The first kappa shape index (κ1) is 14.3. The first-order chi connectivity index (χ1) is 9.51. The van der Waals surface area contributed by atoms with Crippen molar-refractivity contribution in [3.8, 4) is 0 Å². The summed E-state index contributed by atoms with van der Waals surface area (Å²) < 4.78 is 17.3. The minimum Gasteiger partial charge on any atom is -0.373 e. The molecule has 20 heavy (non-hydrogen) atoms. The van der Waals surface area contributed by atoms with E-state index in [0.29, 0.717) is 19.8 Å². The number of hydrogen-bond acceptors (Lipinski definition) is 4. The van der Waals surface area contributed by atoms with Gasteiger partial charge in [-0.3, -0.25) is 4.79 Å². The van der Waals surface area contributed by atoms with E-state index in [0.717, 1.165) is 32.1 Å². The van der Waals surface area contributed by atoms with Gasteiger partial charge in [0.05, 0.1) is 37.4 Å². The molecule has 1 spiro atoms. The molecule has 0 radical (unpaired) electrons. The lowest BCUT2D eigenvalue weighted by atomic mass is 9.82. The molecule has 5 nitrogen and oxygen atoms in total. The van der Waals surface area contributed by atoms with Crippen LogP contribution < -0.4 is 5.32 Å². The Balaban J connectivity index is 1.63. The van der Waals surface area contributed by atoms with Crippen LogP contribution in [-0.4, -0.2) is 43.2 Å². The zero-order valence-corrected chi connectivity index (χ0v) is 12.4. The summed E-state index contributed by atoms with van der Waals surface area (Å²) in [6, 6.07) is 0.109. The predicted molar refractivity (Wildman–Crippen MR) is 73.2 cm³/mol. The van der Waals surface area contributed by atoms with Crippen LogP contribution >= 0.6 is 0 Å². The maximum atomic E-state index is 12.6. The van der Waals surface area contributed by atoms with Crippen LogP contribution in [0.5, 0.6) is 0 Å². The van der Waals surface area contributed by atoms with Gasteiger partial charge in [0, 0.05) is 6.42 Å². The summed E-state index contributed by atoms with van der Waals surface area (Å²) in [7, 11) is 0. The fourth-order valence-electron chi connectivity index (χ4n) is 3.69. The van der Waals surface area contributed by atoms with Gasteiger partial charge in [-0.1, -0.05) is 6.42 Å². The van der Waals surface area contributed by atoms with Gasteiger partial charge < -0.3 is 19.5 Å². The predicted octanol–water partition coefficient (Wildman–Crippen LogP) is 1.60. The van der Waals surface area contributed by atoms with Crippen molar-refractivity contribution in [3.63, 3.8) is 0 Å². The molecule has 1 aliphatic carbocycles. The fraction of sp³-hybridized carbons (Fsp3) is 0.933. The topological polar surface area (TPSA) is 56.8 Å². The number of carbonyl (C=O) groups excluding carboxylic acids is 1. The molecular formula is C15H25NO4. The molecule has 3 aliphatic rings. The average Bonchev–Trinajstić information content (AvgIpc) is 2.97. The van der Waals surface area contributed by atoms with Crippen LogP contribution in [0, 0.1) is 5.92 Å². The SMILES string of the molecule is CC1(C)CC(NC(=O)C2CCCCC23OCCO3)CO1. The molecule has 2 aliphatic heterocycles. The van der Waals surface area contributed by atoms with Crippen molar-refractivity contribution in [3.05, 3.63) is 0 Å². The lowest BCUT2D eigenvalue weighted by Gasteiger charge is -2.38. The molecule has 0 aromatic carbocycles. The zero-order chi connectivity index (χ0) is 14.2. The van der Waals surface area contributed by atoms with Crippen molar-refractivity contribution in [1.82, 2.24) is 5.32 Å². The van der Waals surface area contributed by atoms with Gasteiger partial charge in [-0.2, -0.15) is 0 Å². The Morgan fingerprint density at radius 1 is 1.15 bits per heavy atom. The average molecular weight is 283 g/mol. The molecule has 2 unspecified atom stereocenters. The summed E-state index contributed by atoms with van der Waals surface area (Å²) >= 11 is 0. The summed E-state index contributed by atoms with van der Waals surface area (Å²) in [5.74, 6) is -0.766. The minimum absolute atomic E-state index is 0.0675. The van der Waals surface area contributed by atoms with Crippen LogP contribution in [0.2, 0.25) is 0 Å². The Labute approximate surface area is 120 Å². The van der Waals surface area contributed by atoms with Crippen molar-refractivity contribution in [2.75, 3.05) is 19.8 Å². The van der Waals surface area contributed by atoms with E-state index in [2.05, 4.69) is 19.2 Å². The minimum atomic E-state index is -0.655. The van der Waals surface area contributed by atoms with Crippen LogP contribution in [0.1, 0.15) is 46.0 Å². The molecule has 5 heteroatoms. The summed E-state index contributed by atoms with van der Waals surface area (Å²) in [6.07, 6.45) is 4.68. The van der Waals surface area contributed by atoms with Gasteiger partial charge in [-0.25, -0.2) is 0 Å². The van der Waals surface area contributed by atoms with E-state index in [-0.39, 0.29) is 23.5 Å². The smallest absolute Gasteiger partial charge is 0.228 e. The highest BCUT2D eigenvalue weighted by Crippen LogP contribution is 2.40. The van der Waals surface area contributed by atoms with Crippen LogP contribution in [-0.2, 0) is 19.0 Å². The largest absolute Gasteiger partial charge is 0.373 e. The number of amides is 1. The Hall–Kier alpha value is -0.650. The zero-order valence-electron chi connectivity index (χ0n) is 12.4. The second kappa shape index (κ2) is 5.28. The van der Waals surface area contributed by atoms with Crippen LogP contribution in [0.15, 0.2) is 0 Å². The number of hydrogen-bond donors (Lipinski definition) is 1. The van der Waals surface area contributed by atoms with Crippen molar-refractivity contribution in [1.29, 1.82) is 0 Å². The Morgan fingerprint density at radius 3 is 2.55 bits per heavy atom. The molecular weight excluding hydrogens is 258 g/mol. The highest BCUT2D eigenvalue weighted by atomic mass is 16.7. The molecule has 1 saturated carbocycles. The fourth-order valence-corrected chi connectivity index (χ4v) is 3.69. The Bertz CT molecular complexity index is 376. The highest BCUT2D eigenvalue weighted by Gasteiger charge is 2.50. The number of ether oxygens (including phenoxy) is 3. The van der Waals surface area contributed by atoms with E-state index in [1.54, 1.807) is 0 Å². The maximum Gasteiger partial charge on any atom is 0.228 e. The molecule has 2 heterocycles. The molecule has 0 bridgehead atoms. The van der Waals surface area contributed by atoms with Gasteiger partial charge >= 0.3 is 0 Å². The van der Waals surface area contributed by atoms with Gasteiger partial charge in [0.1, 0.15) is 0 Å². The second-order valence-electron chi connectivity index (χ2n) is 6.79. The summed E-state index contributed by atoms with van der Waals surface area (Å²) in [4.78, 5) is 12.6. The van der Waals surface area contributed by atoms with Crippen molar-refractivity contribution >= 4 is 5.91 Å². The Morgan fingerprint density at radius 2 is 1.90 bits per heavy atom. The van der Waals surface area contributed by atoms with Crippen LogP contribution in [0.25, 0.3) is 0 Å². The van der Waals surface area contributed by atoms with Crippen LogP contribution in [0.4, 0.5) is 0 Å². The lowest BCUT2D eigenvalue weighted by molar-refractivity contribution is -0.212. The maximum absolute atomic E-state index is 12.6. The molecule has 1 N–H and O–H groups in total. The normalized spacial score (nSPS) is 35.3. The second-order valence-corrected chi connectivity index (χ2v) is 6.79. The molecule has 0 aromatic rings. The Kier molecular flexibility index (Phi) is 3.77. The van der Waals surface area contributed by atoms with Crippen molar-refractivity contribution < 1.29 is 19.0 Å². The van der Waals surface area contributed by atoms with E-state index < -0.39 is 5.79 Å². The molecule has 2 atom stereocenters. The van der Waals surface area contributed by atoms with Crippen molar-refractivity contribution in [2.45, 2.75) is 63.4 Å². The lowest BCUT2D eigenvalue weighted by Crippen LogP contribution is -2.51. The molecule has 2 saturated heterocycles. The third-order valence-corrected chi connectivity index (χ3v) is 4.65. The summed E-state index contributed by atoms with van der Waals surface area (Å²) in [5.41, 5.74) is -0.136. The highest BCUT2D eigenvalue weighted by molar-refractivity contribution is 5.80. The molecule has 3 rings (SSSR count). The number of carbonyl (C=O) groups is 1. The monoisotopic (exact) mass is 283 g/mol. The number of rotatable bonds is 2. The first-order valence-electron chi connectivity index (χ1n) is 7.73. The number of nitrogens with one attached hydrogen (secondary N) is 1. The third-order valence-electron chi connectivity index (χ3n) is 4.65. The van der Waals surface area contributed by atoms with E-state index in [9.17, 15) is 4.79 Å². The first-order valence-corrected chi connectivity index (χ1v) is 7.73. The van der Waals surface area contributed by atoms with Gasteiger partial charge in [-0.05, 0) is 33.1 Å². The molecule has 1 amide bonds. The van der Waals surface area contributed by atoms with E-state index >= 15 is 0 Å². The van der Waals surface area contributed by atoms with Gasteiger partial charge in [0.2, 0.25) is 5.91 Å². The van der Waals surface area contributed by atoms with Gasteiger partial charge in [0.25, 0.3) is 0 Å². The standard InChI is InChI=1S/C15H25NO4/c1-14(2)9-11(10-20-14)16-13(17)12-5-3-4-6-15(12)18-7-8-19-15/h11-12H,3-10H2,1-2H3,(H,16,17). The van der Waals surface area contributed by atoms with Crippen LogP contribution in [0.3, 0.4) is 0 Å².